The molecule has 0 unspecified atom stereocenters. The van der Waals surface area contributed by atoms with Gasteiger partial charge in [-0.1, -0.05) is 36.4 Å². The minimum absolute atomic E-state index is 0. The van der Waals surface area contributed by atoms with Gasteiger partial charge < -0.3 is 4.42 Å². The maximum Gasteiger partial charge on any atom is 0.130 e. The summed E-state index contributed by atoms with van der Waals surface area (Å²) in [6, 6.07) is 17.0. The van der Waals surface area contributed by atoms with Crippen LogP contribution in [0.25, 0.3) is 22.8 Å². The van der Waals surface area contributed by atoms with Crippen molar-refractivity contribution in [3.8, 4) is 11.1 Å². The van der Waals surface area contributed by atoms with E-state index >= 15 is 0 Å². The van der Waals surface area contributed by atoms with E-state index in [0.717, 1.165) is 17.1 Å². The molecule has 0 amide bonds. The molecule has 1 nitrogen and oxygen atoms in total. The normalized spacial score (nSPS) is 12.5. The monoisotopic (exact) mass is 389 g/mol. The Labute approximate surface area is 162 Å². The van der Waals surface area contributed by atoms with Gasteiger partial charge in [-0.05, 0) is 72.4 Å². The van der Waals surface area contributed by atoms with Gasteiger partial charge in [-0.2, -0.15) is 0 Å². The van der Waals surface area contributed by atoms with Gasteiger partial charge in [0.1, 0.15) is 11.5 Å². The van der Waals surface area contributed by atoms with Crippen molar-refractivity contribution in [2.24, 2.45) is 0 Å². The topological polar surface area (TPSA) is 13.1 Å². The number of furan rings is 1. The zero-order valence-corrected chi connectivity index (χ0v) is 16.6. The zero-order valence-electron chi connectivity index (χ0n) is 14.2. The third-order valence-electron chi connectivity index (χ3n) is 4.62. The molecule has 0 atom stereocenters. The van der Waals surface area contributed by atoms with E-state index in [0.29, 0.717) is 0 Å². The smallest absolute Gasteiger partial charge is 0.130 e. The molecule has 24 heavy (non-hydrogen) atoms. The minimum Gasteiger partial charge on any atom is -0.462 e. The molecule has 0 saturated carbocycles. The summed E-state index contributed by atoms with van der Waals surface area (Å²) in [5.74, 6) is 1.88. The van der Waals surface area contributed by atoms with Gasteiger partial charge in [0.15, 0.2) is 0 Å². The van der Waals surface area contributed by atoms with E-state index in [4.69, 9.17) is 4.42 Å². The largest absolute Gasteiger partial charge is 0.462 e. The number of fused-ring (bicyclic) bond motifs is 1. The number of benzene rings is 2. The second kappa shape index (κ2) is 6.69. The van der Waals surface area contributed by atoms with Crippen LogP contribution < -0.4 is 0 Å². The van der Waals surface area contributed by atoms with Gasteiger partial charge in [0.05, 0.1) is 0 Å². The Morgan fingerprint density at radius 1 is 0.875 bits per heavy atom. The molecular formula is C22H19OZr. The Balaban J connectivity index is 0.00000169. The average molecular weight is 391 g/mol. The molecule has 4 rings (SSSR count). The molecule has 0 bridgehead atoms. The summed E-state index contributed by atoms with van der Waals surface area (Å²) in [6.45, 7) is 6.38. The third-order valence-corrected chi connectivity index (χ3v) is 4.62. The predicted octanol–water partition coefficient (Wildman–Crippen LogP) is 5.98. The SMILES string of the molecule is Cc1ccc(C2=Cc3c(cc(C)c(C)c3-c3ccccc3)[CH]2)o1.[Zr]. The Bertz CT molecular complexity index is 917. The number of hydrogen-bond acceptors (Lipinski definition) is 1. The van der Waals surface area contributed by atoms with Gasteiger partial charge >= 0.3 is 0 Å². The van der Waals surface area contributed by atoms with Crippen molar-refractivity contribution in [3.63, 3.8) is 0 Å². The maximum atomic E-state index is 5.81. The summed E-state index contributed by atoms with van der Waals surface area (Å²) in [6.07, 6.45) is 4.48. The fourth-order valence-corrected chi connectivity index (χ4v) is 3.31. The molecule has 0 N–H and O–H groups in total. The van der Waals surface area contributed by atoms with E-state index < -0.39 is 0 Å². The first-order chi connectivity index (χ1) is 11.1. The van der Waals surface area contributed by atoms with Gasteiger partial charge in [0.25, 0.3) is 0 Å². The van der Waals surface area contributed by atoms with Crippen LogP contribution in [0.4, 0.5) is 0 Å². The van der Waals surface area contributed by atoms with E-state index in [2.05, 4.69) is 62.7 Å². The second-order valence-corrected chi connectivity index (χ2v) is 6.22. The molecule has 1 aromatic heterocycles. The summed E-state index contributed by atoms with van der Waals surface area (Å²) < 4.78 is 5.81. The van der Waals surface area contributed by atoms with Crippen LogP contribution in [-0.2, 0) is 26.2 Å². The van der Waals surface area contributed by atoms with Crippen molar-refractivity contribution in [2.75, 3.05) is 0 Å². The minimum atomic E-state index is 0. The standard InChI is InChI=1S/C22H19O.Zr/c1-14-11-18-12-19(21-10-9-15(2)23-21)13-20(18)22(16(14)3)17-7-5-4-6-8-17;/h4-13H,1-3H3;. The second-order valence-electron chi connectivity index (χ2n) is 6.22. The number of hydrogen-bond donors (Lipinski definition) is 0. The maximum absolute atomic E-state index is 5.81. The van der Waals surface area contributed by atoms with Gasteiger partial charge in [-0.3, -0.25) is 0 Å². The van der Waals surface area contributed by atoms with Crippen molar-refractivity contribution in [2.45, 2.75) is 20.8 Å². The van der Waals surface area contributed by atoms with Crippen molar-refractivity contribution in [1.29, 1.82) is 0 Å². The quantitative estimate of drug-likeness (QED) is 0.525. The fraction of sp³-hybridized carbons (Fsp3) is 0.136. The molecular weight excluding hydrogens is 371 g/mol. The number of aryl methyl sites for hydroxylation is 2. The van der Waals surface area contributed by atoms with E-state index in [1.165, 1.54) is 33.4 Å². The van der Waals surface area contributed by atoms with Gasteiger partial charge in [-0.25, -0.2) is 0 Å². The summed E-state index contributed by atoms with van der Waals surface area (Å²) in [7, 11) is 0. The molecule has 2 heteroatoms. The zero-order chi connectivity index (χ0) is 16.0. The first-order valence-corrected chi connectivity index (χ1v) is 7.96. The Morgan fingerprint density at radius 3 is 2.29 bits per heavy atom. The molecule has 2 aromatic carbocycles. The van der Waals surface area contributed by atoms with Crippen LogP contribution in [0, 0.1) is 27.2 Å². The molecule has 0 saturated heterocycles. The fourth-order valence-electron chi connectivity index (χ4n) is 3.31. The van der Waals surface area contributed by atoms with Crippen LogP contribution in [0.1, 0.15) is 33.8 Å². The van der Waals surface area contributed by atoms with Crippen LogP contribution in [0.15, 0.2) is 52.9 Å². The van der Waals surface area contributed by atoms with Crippen LogP contribution >= 0.6 is 0 Å². The number of rotatable bonds is 2. The molecule has 1 heterocycles. The van der Waals surface area contributed by atoms with Crippen LogP contribution in [0.2, 0.25) is 0 Å². The summed E-state index contributed by atoms with van der Waals surface area (Å²) >= 11 is 0. The van der Waals surface area contributed by atoms with E-state index in [9.17, 15) is 0 Å². The van der Waals surface area contributed by atoms with Crippen molar-refractivity contribution in [1.82, 2.24) is 0 Å². The van der Waals surface area contributed by atoms with Gasteiger partial charge in [0, 0.05) is 38.2 Å². The Kier molecular flexibility index (Phi) is 4.79. The van der Waals surface area contributed by atoms with E-state index in [1.54, 1.807) is 0 Å². The molecule has 117 valence electrons. The van der Waals surface area contributed by atoms with Crippen molar-refractivity contribution >= 4 is 11.6 Å². The van der Waals surface area contributed by atoms with E-state index in [1.807, 2.05) is 19.1 Å². The first-order valence-electron chi connectivity index (χ1n) is 7.96. The van der Waals surface area contributed by atoms with Crippen LogP contribution in [0.3, 0.4) is 0 Å². The summed E-state index contributed by atoms with van der Waals surface area (Å²) in [4.78, 5) is 0. The first kappa shape index (κ1) is 17.2. The predicted molar refractivity (Wildman–Crippen MR) is 96.1 cm³/mol. The molecule has 1 aliphatic rings. The van der Waals surface area contributed by atoms with Crippen molar-refractivity contribution in [3.05, 3.63) is 88.7 Å². The van der Waals surface area contributed by atoms with Crippen LogP contribution in [0.5, 0.6) is 0 Å². The summed E-state index contributed by atoms with van der Waals surface area (Å²) in [5.41, 5.74) is 8.98. The summed E-state index contributed by atoms with van der Waals surface area (Å²) in [5, 5.41) is 0. The average Bonchev–Trinajstić information content (AvgIpc) is 3.15. The Morgan fingerprint density at radius 2 is 1.62 bits per heavy atom. The number of allylic oxidation sites excluding steroid dienone is 1. The third kappa shape index (κ3) is 2.89. The Hall–Kier alpha value is -1.66. The molecule has 3 aromatic rings. The van der Waals surface area contributed by atoms with Crippen LogP contribution in [-0.4, -0.2) is 0 Å². The van der Waals surface area contributed by atoms with Crippen molar-refractivity contribution < 1.29 is 30.6 Å². The molecule has 0 aliphatic heterocycles. The molecule has 0 spiro atoms. The molecule has 0 fully saturated rings. The molecule has 1 aliphatic carbocycles. The van der Waals surface area contributed by atoms with E-state index in [-0.39, 0.29) is 26.2 Å². The molecule has 1 radical (unpaired) electrons. The van der Waals surface area contributed by atoms with Gasteiger partial charge in [0.2, 0.25) is 0 Å². The van der Waals surface area contributed by atoms with Gasteiger partial charge in [-0.15, -0.1) is 0 Å².